The molecule has 1 aliphatic heterocycles. The average molecular weight is 474 g/mol. The molecule has 2 unspecified atom stereocenters. The molecule has 5 rings (SSSR count). The number of aliphatic hydroxyl groups is 1. The SMILES string of the molecule is CC1CC2CC(C)CC(COc3cc(F)c(C(=O)N4C[C@@H](O)C[C@H]4C(=O)O)cc3C3CC3)(C1)C2. The zero-order valence-electron chi connectivity index (χ0n) is 20.1. The second-order valence-electron chi connectivity index (χ2n) is 11.8. The molecule has 1 aromatic carbocycles. The van der Waals surface area contributed by atoms with E-state index in [-0.39, 0.29) is 29.9 Å². The molecule has 3 saturated carbocycles. The lowest BCUT2D eigenvalue weighted by atomic mass is 9.57. The molecule has 6 nitrogen and oxygen atoms in total. The highest BCUT2D eigenvalue weighted by atomic mass is 19.1. The van der Waals surface area contributed by atoms with Crippen LogP contribution in [-0.2, 0) is 4.79 Å². The normalized spacial score (nSPS) is 35.3. The summed E-state index contributed by atoms with van der Waals surface area (Å²) in [7, 11) is 0. The first-order chi connectivity index (χ1) is 16.1. The third kappa shape index (κ3) is 4.56. The number of benzene rings is 1. The topological polar surface area (TPSA) is 87.1 Å². The van der Waals surface area contributed by atoms with Gasteiger partial charge in [0.05, 0.1) is 18.3 Å². The van der Waals surface area contributed by atoms with E-state index in [2.05, 4.69) is 13.8 Å². The zero-order chi connectivity index (χ0) is 24.2. The molecule has 186 valence electrons. The van der Waals surface area contributed by atoms with Gasteiger partial charge in [0.1, 0.15) is 17.6 Å². The molecule has 2 N–H and O–H groups in total. The average Bonchev–Trinajstić information content (AvgIpc) is 3.51. The number of aliphatic hydroxyl groups excluding tert-OH is 1. The van der Waals surface area contributed by atoms with E-state index in [4.69, 9.17) is 4.74 Å². The lowest BCUT2D eigenvalue weighted by Gasteiger charge is -2.49. The standard InChI is InChI=1S/C27H36FNO5/c1-15-5-17-6-16(2)11-27(10-15,12-17)14-34-24-9-22(28)21(8-20(24)18-3-4-18)25(31)29-13-19(30)7-23(29)26(32)33/h8-9,15-19,23,30H,3-7,10-14H2,1-2H3,(H,32,33)/t15?,16?,17?,19-,23-,27?/m0/s1. The second kappa shape index (κ2) is 8.81. The first-order valence-corrected chi connectivity index (χ1v) is 12.8. The largest absolute Gasteiger partial charge is 0.493 e. The third-order valence-corrected chi connectivity index (χ3v) is 8.46. The molecule has 2 bridgehead atoms. The number of hydrogen-bond donors (Lipinski definition) is 2. The molecule has 1 amide bonds. The van der Waals surface area contributed by atoms with Crippen molar-refractivity contribution < 1.29 is 28.9 Å². The molecular weight excluding hydrogens is 437 g/mol. The van der Waals surface area contributed by atoms with Crippen LogP contribution >= 0.6 is 0 Å². The number of carboxylic acids is 1. The lowest BCUT2D eigenvalue weighted by molar-refractivity contribution is -0.141. The number of nitrogens with zero attached hydrogens (tertiary/aromatic N) is 1. The van der Waals surface area contributed by atoms with Gasteiger partial charge in [-0.15, -0.1) is 0 Å². The lowest BCUT2D eigenvalue weighted by Crippen LogP contribution is -2.43. The summed E-state index contributed by atoms with van der Waals surface area (Å²) in [6, 6.07) is 1.76. The van der Waals surface area contributed by atoms with Crippen molar-refractivity contribution in [3.63, 3.8) is 0 Å². The number of fused-ring (bicyclic) bond motifs is 2. The van der Waals surface area contributed by atoms with E-state index in [9.17, 15) is 19.8 Å². The van der Waals surface area contributed by atoms with Crippen molar-refractivity contribution in [3.05, 3.63) is 29.1 Å². The van der Waals surface area contributed by atoms with Gasteiger partial charge in [-0.1, -0.05) is 13.8 Å². The summed E-state index contributed by atoms with van der Waals surface area (Å²) in [6.07, 6.45) is 7.00. The molecule has 1 aromatic rings. The van der Waals surface area contributed by atoms with Crippen LogP contribution in [0.3, 0.4) is 0 Å². The number of halogens is 1. The first kappa shape index (κ1) is 23.6. The van der Waals surface area contributed by atoms with Crippen molar-refractivity contribution in [3.8, 4) is 5.75 Å². The number of carboxylic acid groups (broad SMARTS) is 1. The van der Waals surface area contributed by atoms with Gasteiger partial charge in [-0.25, -0.2) is 9.18 Å². The predicted molar refractivity (Wildman–Crippen MR) is 124 cm³/mol. The summed E-state index contributed by atoms with van der Waals surface area (Å²) in [5, 5.41) is 19.4. The van der Waals surface area contributed by atoms with E-state index in [1.807, 2.05) is 0 Å². The van der Waals surface area contributed by atoms with Crippen molar-refractivity contribution in [2.24, 2.45) is 23.2 Å². The Morgan fingerprint density at radius 3 is 2.41 bits per heavy atom. The maximum absolute atomic E-state index is 15.2. The minimum atomic E-state index is -1.19. The Morgan fingerprint density at radius 2 is 1.79 bits per heavy atom. The highest BCUT2D eigenvalue weighted by Gasteiger charge is 2.45. The van der Waals surface area contributed by atoms with Gasteiger partial charge < -0.3 is 19.8 Å². The summed E-state index contributed by atoms with van der Waals surface area (Å²) in [6.45, 7) is 5.12. The number of hydrogen-bond acceptors (Lipinski definition) is 4. The molecule has 0 aromatic heterocycles. The number of β-amino-alcohol motifs (C(OH)–C–C–N with tert-alkyl or cyclic N) is 1. The number of likely N-dealkylation sites (tertiary alicyclic amines) is 1. The molecule has 0 radical (unpaired) electrons. The van der Waals surface area contributed by atoms with Gasteiger partial charge in [0.25, 0.3) is 5.91 Å². The van der Waals surface area contributed by atoms with Gasteiger partial charge >= 0.3 is 5.97 Å². The van der Waals surface area contributed by atoms with Gasteiger partial charge in [-0.2, -0.15) is 0 Å². The fraction of sp³-hybridized carbons (Fsp3) is 0.704. The van der Waals surface area contributed by atoms with E-state index in [1.54, 1.807) is 6.07 Å². The highest BCUT2D eigenvalue weighted by Crippen LogP contribution is 2.53. The Bertz CT molecular complexity index is 957. The molecule has 34 heavy (non-hydrogen) atoms. The Kier molecular flexibility index (Phi) is 6.11. The molecule has 0 spiro atoms. The fourth-order valence-electron chi connectivity index (χ4n) is 7.32. The minimum absolute atomic E-state index is 0.0424. The van der Waals surface area contributed by atoms with Crippen LogP contribution in [0.15, 0.2) is 12.1 Å². The fourth-order valence-corrected chi connectivity index (χ4v) is 7.32. The van der Waals surface area contributed by atoms with E-state index >= 15 is 4.39 Å². The number of ether oxygens (including phenoxy) is 1. The number of carbonyl (C=O) groups is 2. The van der Waals surface area contributed by atoms with E-state index in [0.717, 1.165) is 42.1 Å². The van der Waals surface area contributed by atoms with Crippen LogP contribution in [0.25, 0.3) is 0 Å². The van der Waals surface area contributed by atoms with Crippen LogP contribution in [0.4, 0.5) is 4.39 Å². The Hall–Kier alpha value is -2.15. The quantitative estimate of drug-likeness (QED) is 0.631. The Labute approximate surface area is 200 Å². The molecule has 4 fully saturated rings. The van der Waals surface area contributed by atoms with Gasteiger partial charge in [0.15, 0.2) is 0 Å². The van der Waals surface area contributed by atoms with Gasteiger partial charge in [-0.3, -0.25) is 4.79 Å². The molecule has 1 heterocycles. The van der Waals surface area contributed by atoms with E-state index in [1.165, 1.54) is 25.3 Å². The van der Waals surface area contributed by atoms with E-state index in [0.29, 0.717) is 24.2 Å². The summed E-state index contributed by atoms with van der Waals surface area (Å²) in [5.74, 6) is 0.290. The summed E-state index contributed by atoms with van der Waals surface area (Å²) in [4.78, 5) is 25.8. The van der Waals surface area contributed by atoms with Crippen molar-refractivity contribution in [2.75, 3.05) is 13.2 Å². The third-order valence-electron chi connectivity index (χ3n) is 8.46. The van der Waals surface area contributed by atoms with Crippen molar-refractivity contribution >= 4 is 11.9 Å². The van der Waals surface area contributed by atoms with Crippen LogP contribution in [-0.4, -0.2) is 52.3 Å². The van der Waals surface area contributed by atoms with E-state index < -0.39 is 29.8 Å². The maximum atomic E-state index is 15.2. The second-order valence-corrected chi connectivity index (χ2v) is 11.8. The number of aliphatic carboxylic acids is 1. The van der Waals surface area contributed by atoms with Crippen LogP contribution < -0.4 is 4.74 Å². The van der Waals surface area contributed by atoms with Crippen molar-refractivity contribution in [1.29, 1.82) is 0 Å². The number of amides is 1. The number of rotatable bonds is 6. The summed E-state index contributed by atoms with van der Waals surface area (Å²) < 4.78 is 21.6. The van der Waals surface area contributed by atoms with Crippen LogP contribution in [0.2, 0.25) is 0 Å². The Balaban J connectivity index is 1.39. The molecule has 4 atom stereocenters. The smallest absolute Gasteiger partial charge is 0.326 e. The predicted octanol–water partition coefficient (Wildman–Crippen LogP) is 4.59. The van der Waals surface area contributed by atoms with Crippen molar-refractivity contribution in [1.82, 2.24) is 4.90 Å². The van der Waals surface area contributed by atoms with Crippen LogP contribution in [0.5, 0.6) is 5.75 Å². The molecule has 7 heteroatoms. The van der Waals surface area contributed by atoms with Crippen LogP contribution in [0, 0.1) is 29.0 Å². The Morgan fingerprint density at radius 1 is 1.12 bits per heavy atom. The van der Waals surface area contributed by atoms with Gasteiger partial charge in [0, 0.05) is 24.4 Å². The van der Waals surface area contributed by atoms with Gasteiger partial charge in [-0.05, 0) is 80.2 Å². The highest BCUT2D eigenvalue weighted by molar-refractivity contribution is 5.97. The molecule has 1 saturated heterocycles. The monoisotopic (exact) mass is 473 g/mol. The van der Waals surface area contributed by atoms with Gasteiger partial charge in [0.2, 0.25) is 0 Å². The summed E-state index contributed by atoms with van der Waals surface area (Å²) >= 11 is 0. The minimum Gasteiger partial charge on any atom is -0.493 e. The van der Waals surface area contributed by atoms with Crippen LogP contribution in [0.1, 0.15) is 87.1 Å². The zero-order valence-corrected chi connectivity index (χ0v) is 20.1. The molecule has 3 aliphatic carbocycles. The molecular formula is C27H36FNO5. The van der Waals surface area contributed by atoms with Crippen molar-refractivity contribution in [2.45, 2.75) is 83.3 Å². The molecule has 4 aliphatic rings. The maximum Gasteiger partial charge on any atom is 0.326 e. The first-order valence-electron chi connectivity index (χ1n) is 12.8. The summed E-state index contributed by atoms with van der Waals surface area (Å²) in [5.41, 5.74) is 0.842. The number of carbonyl (C=O) groups excluding carboxylic acids is 1.